The van der Waals surface area contributed by atoms with Gasteiger partial charge in [-0.1, -0.05) is 78.5 Å². The molecule has 3 aromatic carbocycles. The number of anilines is 1. The number of carbonyl (C=O) groups excluding carboxylic acids is 1. The van der Waals surface area contributed by atoms with Gasteiger partial charge in [0.25, 0.3) is 5.56 Å². The molecule has 1 heterocycles. The van der Waals surface area contributed by atoms with Gasteiger partial charge in [0.05, 0.1) is 6.42 Å². The van der Waals surface area contributed by atoms with Crippen molar-refractivity contribution in [3.05, 3.63) is 100.0 Å². The van der Waals surface area contributed by atoms with E-state index in [9.17, 15) is 9.59 Å². The predicted molar refractivity (Wildman–Crippen MR) is 127 cm³/mol. The lowest BCUT2D eigenvalue weighted by Crippen LogP contribution is -2.24. The van der Waals surface area contributed by atoms with Gasteiger partial charge in [0, 0.05) is 27.6 Å². The van der Waals surface area contributed by atoms with Gasteiger partial charge < -0.3 is 10.3 Å². The Kier molecular flexibility index (Phi) is 6.18. The summed E-state index contributed by atoms with van der Waals surface area (Å²) in [5.41, 5.74) is 2.57. The Balaban J connectivity index is 1.49. The molecule has 0 bridgehead atoms. The van der Waals surface area contributed by atoms with Crippen LogP contribution in [0.2, 0.25) is 0 Å². The second-order valence-corrected chi connectivity index (χ2v) is 8.69. The second kappa shape index (κ2) is 9.18. The van der Waals surface area contributed by atoms with Gasteiger partial charge in [0.2, 0.25) is 5.91 Å². The van der Waals surface area contributed by atoms with E-state index in [1.807, 2.05) is 60.7 Å². The van der Waals surface area contributed by atoms with E-state index < -0.39 is 0 Å². The molecule has 0 aliphatic carbocycles. The Hall–Kier alpha value is -3.38. The van der Waals surface area contributed by atoms with Crippen LogP contribution in [0.1, 0.15) is 29.0 Å². The molecule has 4 aromatic rings. The van der Waals surface area contributed by atoms with Crippen molar-refractivity contribution in [3.63, 3.8) is 0 Å². The third-order valence-corrected chi connectivity index (χ3v) is 6.20. The topological polar surface area (TPSA) is 74.8 Å². The first kappa shape index (κ1) is 20.9. The standard InChI is InChI=1S/C25H23N3O2S/c1-16-21(15-23(29)27-22-14-8-12-19-11-6-7-13-20(19)22)24(30)28-25(26-16)31-17(2)18-9-4-3-5-10-18/h3-14,17H,15H2,1-2H3,(H,27,29)(H,26,28,30). The van der Waals surface area contributed by atoms with Crippen molar-refractivity contribution in [1.29, 1.82) is 0 Å². The number of aryl methyl sites for hydroxylation is 1. The first-order valence-electron chi connectivity index (χ1n) is 10.1. The molecule has 1 atom stereocenters. The molecular formula is C25H23N3O2S. The lowest BCUT2D eigenvalue weighted by molar-refractivity contribution is -0.115. The minimum absolute atomic E-state index is 0.0312. The fourth-order valence-electron chi connectivity index (χ4n) is 3.50. The van der Waals surface area contributed by atoms with Crippen LogP contribution < -0.4 is 10.9 Å². The zero-order chi connectivity index (χ0) is 21.8. The molecule has 31 heavy (non-hydrogen) atoms. The van der Waals surface area contributed by atoms with E-state index in [-0.39, 0.29) is 23.1 Å². The largest absolute Gasteiger partial charge is 0.325 e. The normalized spacial score (nSPS) is 11.9. The van der Waals surface area contributed by atoms with Crippen LogP contribution in [0.15, 0.2) is 82.7 Å². The summed E-state index contributed by atoms with van der Waals surface area (Å²) in [5.74, 6) is -0.246. The summed E-state index contributed by atoms with van der Waals surface area (Å²) in [6, 6.07) is 23.7. The van der Waals surface area contributed by atoms with Crippen molar-refractivity contribution in [3.8, 4) is 0 Å². The number of hydrogen-bond donors (Lipinski definition) is 2. The summed E-state index contributed by atoms with van der Waals surface area (Å²) in [5, 5.41) is 5.64. The van der Waals surface area contributed by atoms with E-state index in [0.717, 1.165) is 22.0 Å². The number of nitrogens with one attached hydrogen (secondary N) is 2. The third-order valence-electron chi connectivity index (χ3n) is 5.16. The lowest BCUT2D eigenvalue weighted by atomic mass is 10.1. The number of amides is 1. The highest BCUT2D eigenvalue weighted by Gasteiger charge is 2.16. The highest BCUT2D eigenvalue weighted by molar-refractivity contribution is 7.99. The maximum atomic E-state index is 12.7. The van der Waals surface area contributed by atoms with E-state index in [0.29, 0.717) is 16.4 Å². The molecule has 6 heteroatoms. The van der Waals surface area contributed by atoms with Crippen LogP contribution in [0.25, 0.3) is 10.8 Å². The molecular weight excluding hydrogens is 406 g/mol. The quantitative estimate of drug-likeness (QED) is 0.324. The average molecular weight is 430 g/mol. The summed E-state index contributed by atoms with van der Waals surface area (Å²) >= 11 is 1.49. The van der Waals surface area contributed by atoms with Gasteiger partial charge >= 0.3 is 0 Å². The maximum Gasteiger partial charge on any atom is 0.255 e. The van der Waals surface area contributed by atoms with Crippen molar-refractivity contribution in [2.24, 2.45) is 0 Å². The number of H-pyrrole nitrogens is 1. The van der Waals surface area contributed by atoms with Gasteiger partial charge in [-0.05, 0) is 30.9 Å². The summed E-state index contributed by atoms with van der Waals surface area (Å²) < 4.78 is 0. The number of aromatic nitrogens is 2. The van der Waals surface area contributed by atoms with Crippen LogP contribution in [0.4, 0.5) is 5.69 Å². The van der Waals surface area contributed by atoms with Crippen molar-refractivity contribution in [2.75, 3.05) is 5.32 Å². The van der Waals surface area contributed by atoms with Crippen molar-refractivity contribution in [1.82, 2.24) is 9.97 Å². The van der Waals surface area contributed by atoms with Gasteiger partial charge in [0.1, 0.15) is 0 Å². The molecule has 156 valence electrons. The number of aromatic amines is 1. The predicted octanol–water partition coefficient (Wildman–Crippen LogP) is 5.27. The van der Waals surface area contributed by atoms with Crippen LogP contribution in [0, 0.1) is 6.92 Å². The molecule has 0 spiro atoms. The molecule has 0 aliphatic rings. The molecule has 1 amide bonds. The molecule has 0 saturated carbocycles. The van der Waals surface area contributed by atoms with Crippen LogP contribution in [0.3, 0.4) is 0 Å². The van der Waals surface area contributed by atoms with Crippen LogP contribution >= 0.6 is 11.8 Å². The Morgan fingerprint density at radius 3 is 2.52 bits per heavy atom. The van der Waals surface area contributed by atoms with Crippen molar-refractivity contribution < 1.29 is 4.79 Å². The van der Waals surface area contributed by atoms with Gasteiger partial charge in [0.15, 0.2) is 5.16 Å². The fourth-order valence-corrected chi connectivity index (χ4v) is 4.47. The summed E-state index contributed by atoms with van der Waals surface area (Å²) in [6.45, 7) is 3.84. The Morgan fingerprint density at radius 1 is 1.03 bits per heavy atom. The zero-order valence-corrected chi connectivity index (χ0v) is 18.2. The van der Waals surface area contributed by atoms with Gasteiger partial charge in [-0.15, -0.1) is 0 Å². The molecule has 1 unspecified atom stereocenters. The Bertz CT molecular complexity index is 1280. The van der Waals surface area contributed by atoms with Crippen LogP contribution in [-0.2, 0) is 11.2 Å². The number of carbonyl (C=O) groups is 1. The van der Waals surface area contributed by atoms with E-state index >= 15 is 0 Å². The molecule has 5 nitrogen and oxygen atoms in total. The second-order valence-electron chi connectivity index (χ2n) is 7.36. The number of nitrogens with zero attached hydrogens (tertiary/aromatic N) is 1. The highest BCUT2D eigenvalue weighted by Crippen LogP contribution is 2.32. The van der Waals surface area contributed by atoms with E-state index in [1.165, 1.54) is 11.8 Å². The average Bonchev–Trinajstić information content (AvgIpc) is 2.77. The van der Waals surface area contributed by atoms with Gasteiger partial charge in [-0.2, -0.15) is 0 Å². The Morgan fingerprint density at radius 2 is 1.74 bits per heavy atom. The SMILES string of the molecule is Cc1nc(SC(C)c2ccccc2)[nH]c(=O)c1CC(=O)Nc1cccc2ccccc12. The molecule has 0 radical (unpaired) electrons. The van der Waals surface area contributed by atoms with Gasteiger partial charge in [-0.3, -0.25) is 9.59 Å². The summed E-state index contributed by atoms with van der Waals surface area (Å²) in [7, 11) is 0. The zero-order valence-electron chi connectivity index (χ0n) is 17.4. The van der Waals surface area contributed by atoms with Gasteiger partial charge in [-0.25, -0.2) is 4.98 Å². The molecule has 0 aliphatic heterocycles. The van der Waals surface area contributed by atoms with Crippen LogP contribution in [-0.4, -0.2) is 15.9 Å². The lowest BCUT2D eigenvalue weighted by Gasteiger charge is -2.12. The van der Waals surface area contributed by atoms with E-state index in [4.69, 9.17) is 0 Å². The fraction of sp³-hybridized carbons (Fsp3) is 0.160. The minimum atomic E-state index is -0.275. The number of thioether (sulfide) groups is 1. The third kappa shape index (κ3) is 4.86. The minimum Gasteiger partial charge on any atom is -0.325 e. The van der Waals surface area contributed by atoms with E-state index in [2.05, 4.69) is 34.3 Å². The smallest absolute Gasteiger partial charge is 0.255 e. The van der Waals surface area contributed by atoms with Crippen molar-refractivity contribution >= 4 is 34.1 Å². The summed E-state index contributed by atoms with van der Waals surface area (Å²) in [4.78, 5) is 32.7. The monoisotopic (exact) mass is 429 g/mol. The molecule has 0 saturated heterocycles. The first-order valence-corrected chi connectivity index (χ1v) is 11.0. The number of hydrogen-bond acceptors (Lipinski definition) is 4. The summed E-state index contributed by atoms with van der Waals surface area (Å²) in [6.07, 6.45) is -0.0312. The van der Waals surface area contributed by atoms with Crippen molar-refractivity contribution in [2.45, 2.75) is 30.7 Å². The van der Waals surface area contributed by atoms with Crippen LogP contribution in [0.5, 0.6) is 0 Å². The highest BCUT2D eigenvalue weighted by atomic mass is 32.2. The number of benzene rings is 3. The number of rotatable bonds is 6. The molecule has 2 N–H and O–H groups in total. The maximum absolute atomic E-state index is 12.7. The molecule has 0 fully saturated rings. The van der Waals surface area contributed by atoms with E-state index in [1.54, 1.807) is 6.92 Å². The Labute approximate surface area is 184 Å². The molecule has 1 aromatic heterocycles. The molecule has 4 rings (SSSR count). The number of fused-ring (bicyclic) bond motifs is 1. The first-order chi connectivity index (χ1) is 15.0.